The number of thiophene rings is 1. The largest absolute Gasteiger partial charge is 0.350 e. The fourth-order valence-corrected chi connectivity index (χ4v) is 3.49. The number of halogens is 1. The Morgan fingerprint density at radius 1 is 1.21 bits per heavy atom. The van der Waals surface area contributed by atoms with Crippen molar-refractivity contribution in [2.45, 2.75) is 6.54 Å². The number of amides is 2. The van der Waals surface area contributed by atoms with Crippen LogP contribution in [0.5, 0.6) is 0 Å². The maximum atomic E-state index is 12.2. The van der Waals surface area contributed by atoms with Crippen molar-refractivity contribution >= 4 is 45.0 Å². The molecule has 24 heavy (non-hydrogen) atoms. The molecule has 2 N–H and O–H groups in total. The van der Waals surface area contributed by atoms with Crippen LogP contribution in [0.2, 0.25) is 5.02 Å². The zero-order valence-electron chi connectivity index (χ0n) is 13.0. The van der Waals surface area contributed by atoms with E-state index >= 15 is 0 Å². The Kier molecular flexibility index (Phi) is 4.87. The molecule has 0 bridgehead atoms. The van der Waals surface area contributed by atoms with Crippen LogP contribution in [-0.4, -0.2) is 22.9 Å². The van der Waals surface area contributed by atoms with E-state index in [0.717, 1.165) is 15.8 Å². The third-order valence-electron chi connectivity index (χ3n) is 3.68. The molecule has 2 aromatic heterocycles. The van der Waals surface area contributed by atoms with Gasteiger partial charge >= 0.3 is 0 Å². The molecule has 0 fully saturated rings. The minimum atomic E-state index is -0.265. The summed E-state index contributed by atoms with van der Waals surface area (Å²) in [5, 5.41) is 8.00. The van der Waals surface area contributed by atoms with Crippen LogP contribution < -0.4 is 10.6 Å². The highest BCUT2D eigenvalue weighted by Gasteiger charge is 2.14. The second-order valence-electron chi connectivity index (χ2n) is 5.35. The van der Waals surface area contributed by atoms with Gasteiger partial charge in [-0.15, -0.1) is 11.3 Å². The van der Waals surface area contributed by atoms with Gasteiger partial charge in [0.15, 0.2) is 0 Å². The maximum Gasteiger partial charge on any atom is 0.268 e. The molecule has 0 unspecified atom stereocenters. The number of nitrogens with one attached hydrogen (secondary N) is 2. The molecule has 0 atom stereocenters. The van der Waals surface area contributed by atoms with E-state index in [-0.39, 0.29) is 18.4 Å². The highest BCUT2D eigenvalue weighted by molar-refractivity contribution is 7.17. The Labute approximate surface area is 148 Å². The monoisotopic (exact) mass is 361 g/mol. The van der Waals surface area contributed by atoms with Gasteiger partial charge in [-0.2, -0.15) is 0 Å². The van der Waals surface area contributed by atoms with Crippen LogP contribution in [0.3, 0.4) is 0 Å². The number of rotatable bonds is 5. The van der Waals surface area contributed by atoms with E-state index in [2.05, 4.69) is 10.6 Å². The average molecular weight is 362 g/mol. The number of aryl methyl sites for hydroxylation is 1. The van der Waals surface area contributed by atoms with E-state index in [4.69, 9.17) is 11.6 Å². The quantitative estimate of drug-likeness (QED) is 0.734. The summed E-state index contributed by atoms with van der Waals surface area (Å²) in [5.74, 6) is -0.516. The number of nitrogens with zero attached hydrogens (tertiary/aromatic N) is 1. The second-order valence-corrected chi connectivity index (χ2v) is 6.73. The molecule has 7 heteroatoms. The molecule has 5 nitrogen and oxygen atoms in total. The molecule has 124 valence electrons. The summed E-state index contributed by atoms with van der Waals surface area (Å²) in [6, 6.07) is 11.1. The topological polar surface area (TPSA) is 63.1 Å². The van der Waals surface area contributed by atoms with Gasteiger partial charge in [0.2, 0.25) is 5.91 Å². The number of carbonyl (C=O) groups excluding carboxylic acids is 2. The molecule has 0 aliphatic heterocycles. The Morgan fingerprint density at radius 3 is 2.79 bits per heavy atom. The smallest absolute Gasteiger partial charge is 0.268 e. The molecule has 3 aromatic rings. The molecular formula is C17H16ClN3O2S. The molecule has 2 heterocycles. The van der Waals surface area contributed by atoms with E-state index in [1.54, 1.807) is 23.5 Å². The predicted molar refractivity (Wildman–Crippen MR) is 96.4 cm³/mol. The van der Waals surface area contributed by atoms with E-state index in [1.165, 1.54) is 0 Å². The molecule has 0 spiro atoms. The number of hydrogen-bond donors (Lipinski definition) is 2. The number of benzene rings is 1. The van der Waals surface area contributed by atoms with Gasteiger partial charge in [-0.3, -0.25) is 9.59 Å². The van der Waals surface area contributed by atoms with Gasteiger partial charge in [-0.05, 0) is 35.2 Å². The Bertz CT molecular complexity index is 900. The van der Waals surface area contributed by atoms with Gasteiger partial charge in [0.1, 0.15) is 5.69 Å². The lowest BCUT2D eigenvalue weighted by Crippen LogP contribution is -2.37. The van der Waals surface area contributed by atoms with E-state index in [1.807, 2.05) is 41.3 Å². The summed E-state index contributed by atoms with van der Waals surface area (Å²) in [7, 11) is 1.84. The van der Waals surface area contributed by atoms with Crippen molar-refractivity contribution in [3.05, 3.63) is 58.1 Å². The van der Waals surface area contributed by atoms with Crippen molar-refractivity contribution in [2.75, 3.05) is 6.54 Å². The van der Waals surface area contributed by atoms with Gasteiger partial charge in [-0.1, -0.05) is 23.7 Å². The third-order valence-corrected chi connectivity index (χ3v) is 4.77. The molecule has 0 aliphatic rings. The lowest BCUT2D eigenvalue weighted by molar-refractivity contribution is -0.120. The van der Waals surface area contributed by atoms with Crippen molar-refractivity contribution in [3.63, 3.8) is 0 Å². The number of fused-ring (bicyclic) bond motifs is 1. The van der Waals surface area contributed by atoms with Crippen LogP contribution >= 0.6 is 22.9 Å². The first-order chi connectivity index (χ1) is 11.5. The van der Waals surface area contributed by atoms with Crippen molar-refractivity contribution in [2.24, 2.45) is 7.05 Å². The maximum absolute atomic E-state index is 12.2. The molecule has 0 saturated carbocycles. The number of hydrogen-bond acceptors (Lipinski definition) is 3. The van der Waals surface area contributed by atoms with Gasteiger partial charge in [0, 0.05) is 18.6 Å². The fraction of sp³-hybridized carbons (Fsp3) is 0.176. The van der Waals surface area contributed by atoms with E-state index in [0.29, 0.717) is 17.3 Å². The Morgan fingerprint density at radius 2 is 2.04 bits per heavy atom. The SMILES string of the molecule is Cn1c(C(=O)NCC(=O)NCc2cccc(Cl)c2)cc2sccc21. The zero-order chi connectivity index (χ0) is 17.1. The van der Waals surface area contributed by atoms with Crippen LogP contribution in [0.25, 0.3) is 10.2 Å². The van der Waals surface area contributed by atoms with Gasteiger partial charge in [-0.25, -0.2) is 0 Å². The first-order valence-electron chi connectivity index (χ1n) is 7.37. The molecule has 0 aliphatic carbocycles. The third kappa shape index (κ3) is 3.60. The highest BCUT2D eigenvalue weighted by Crippen LogP contribution is 2.23. The minimum absolute atomic E-state index is 0.0712. The molecule has 1 aromatic carbocycles. The van der Waals surface area contributed by atoms with Gasteiger partial charge < -0.3 is 15.2 Å². The highest BCUT2D eigenvalue weighted by atomic mass is 35.5. The van der Waals surface area contributed by atoms with E-state index < -0.39 is 0 Å². The van der Waals surface area contributed by atoms with Crippen molar-refractivity contribution < 1.29 is 9.59 Å². The summed E-state index contributed by atoms with van der Waals surface area (Å²) in [4.78, 5) is 24.1. The molecule has 0 saturated heterocycles. The average Bonchev–Trinajstić information content (AvgIpc) is 3.14. The lowest BCUT2D eigenvalue weighted by atomic mass is 10.2. The van der Waals surface area contributed by atoms with Gasteiger partial charge in [0.05, 0.1) is 16.8 Å². The normalized spacial score (nSPS) is 10.8. The number of carbonyl (C=O) groups is 2. The van der Waals surface area contributed by atoms with Crippen LogP contribution in [0.15, 0.2) is 41.8 Å². The van der Waals surface area contributed by atoms with Crippen LogP contribution in [0, 0.1) is 0 Å². The minimum Gasteiger partial charge on any atom is -0.350 e. The van der Waals surface area contributed by atoms with Crippen molar-refractivity contribution in [1.29, 1.82) is 0 Å². The standard InChI is InChI=1S/C17H16ClN3O2S/c1-21-13-5-6-24-15(13)8-14(21)17(23)20-10-16(22)19-9-11-3-2-4-12(18)7-11/h2-8H,9-10H2,1H3,(H,19,22)(H,20,23). The lowest BCUT2D eigenvalue weighted by Gasteiger charge is -2.08. The molecule has 3 rings (SSSR count). The molecular weight excluding hydrogens is 346 g/mol. The van der Waals surface area contributed by atoms with E-state index in [9.17, 15) is 9.59 Å². The van der Waals surface area contributed by atoms with Crippen molar-refractivity contribution in [1.82, 2.24) is 15.2 Å². The summed E-state index contributed by atoms with van der Waals surface area (Å²) >= 11 is 7.48. The first kappa shape index (κ1) is 16.5. The second kappa shape index (κ2) is 7.07. The summed E-state index contributed by atoms with van der Waals surface area (Å²) in [6.07, 6.45) is 0. The Balaban J connectivity index is 1.53. The summed E-state index contributed by atoms with van der Waals surface area (Å²) < 4.78 is 2.87. The molecule has 0 radical (unpaired) electrons. The van der Waals surface area contributed by atoms with Crippen LogP contribution in [0.1, 0.15) is 16.1 Å². The molecule has 2 amide bonds. The summed E-state index contributed by atoms with van der Waals surface area (Å²) in [5.41, 5.74) is 2.46. The predicted octanol–water partition coefficient (Wildman–Crippen LogP) is 2.94. The number of aromatic nitrogens is 1. The fourth-order valence-electron chi connectivity index (χ4n) is 2.43. The first-order valence-corrected chi connectivity index (χ1v) is 8.62. The summed E-state index contributed by atoms with van der Waals surface area (Å²) in [6.45, 7) is 0.299. The Hall–Kier alpha value is -2.31. The van der Waals surface area contributed by atoms with Crippen LogP contribution in [-0.2, 0) is 18.4 Å². The van der Waals surface area contributed by atoms with Crippen molar-refractivity contribution in [3.8, 4) is 0 Å². The zero-order valence-corrected chi connectivity index (χ0v) is 14.6. The van der Waals surface area contributed by atoms with Gasteiger partial charge in [0.25, 0.3) is 5.91 Å². The van der Waals surface area contributed by atoms with Crippen LogP contribution in [0.4, 0.5) is 0 Å².